The van der Waals surface area contributed by atoms with E-state index in [0.29, 0.717) is 5.69 Å². The van der Waals surface area contributed by atoms with Gasteiger partial charge in [-0.3, -0.25) is 4.79 Å². The molecule has 8 heteroatoms. The maximum absolute atomic E-state index is 14.6. The fourth-order valence-electron chi connectivity index (χ4n) is 3.25. The zero-order chi connectivity index (χ0) is 18.2. The summed E-state index contributed by atoms with van der Waals surface area (Å²) in [6.07, 6.45) is -0.947. The van der Waals surface area contributed by atoms with Gasteiger partial charge in [-0.2, -0.15) is 11.8 Å². The summed E-state index contributed by atoms with van der Waals surface area (Å²) in [6, 6.07) is 4.32. The molecule has 0 aromatic heterocycles. The number of rotatable bonds is 3. The van der Waals surface area contributed by atoms with Gasteiger partial charge in [0, 0.05) is 31.5 Å². The third kappa shape index (κ3) is 3.20. The van der Waals surface area contributed by atoms with Crippen molar-refractivity contribution in [3.8, 4) is 0 Å². The highest BCUT2D eigenvalue weighted by Gasteiger charge is 2.56. The van der Waals surface area contributed by atoms with Crippen LogP contribution in [0, 0.1) is 11.7 Å². The summed E-state index contributed by atoms with van der Waals surface area (Å²) in [6.45, 7) is 4.39. The van der Waals surface area contributed by atoms with Gasteiger partial charge in [0.2, 0.25) is 5.91 Å². The molecule has 2 saturated heterocycles. The Hall–Kier alpha value is -1.80. The molecule has 1 aromatic carbocycles. The molecule has 0 spiro atoms. The number of halogens is 1. The summed E-state index contributed by atoms with van der Waals surface area (Å²) in [4.78, 5) is 25.4. The molecule has 2 N–H and O–H groups in total. The van der Waals surface area contributed by atoms with Crippen molar-refractivity contribution in [1.29, 1.82) is 0 Å². The fourth-order valence-corrected chi connectivity index (χ4v) is 4.16. The van der Waals surface area contributed by atoms with Gasteiger partial charge < -0.3 is 20.1 Å². The number of nitrogens with zero attached hydrogens (tertiary/aromatic N) is 1. The van der Waals surface area contributed by atoms with Gasteiger partial charge >= 0.3 is 5.97 Å². The molecule has 2 aliphatic heterocycles. The molecule has 3 rings (SSSR count). The Labute approximate surface area is 149 Å². The van der Waals surface area contributed by atoms with Crippen molar-refractivity contribution < 1.29 is 23.8 Å². The number of aliphatic hydroxyl groups is 1. The molecule has 6 nitrogen and oxygen atoms in total. The van der Waals surface area contributed by atoms with Gasteiger partial charge in [0.05, 0.1) is 11.6 Å². The number of esters is 1. The molecule has 2 fully saturated rings. The maximum atomic E-state index is 14.6. The van der Waals surface area contributed by atoms with E-state index in [4.69, 9.17) is 4.74 Å². The molecule has 0 aliphatic carbocycles. The van der Waals surface area contributed by atoms with Crippen molar-refractivity contribution in [2.45, 2.75) is 25.7 Å². The first-order valence-corrected chi connectivity index (χ1v) is 9.32. The second-order valence-electron chi connectivity index (χ2n) is 6.35. The second-order valence-corrected chi connectivity index (χ2v) is 7.57. The Bertz CT molecular complexity index is 695. The third-order valence-electron chi connectivity index (χ3n) is 4.74. The number of thioether (sulfide) groups is 1. The molecule has 0 radical (unpaired) electrons. The number of carbonyl (C=O) groups excluding carboxylic acids is 2. The average molecular weight is 368 g/mol. The number of amides is 1. The molecule has 0 bridgehead atoms. The first-order chi connectivity index (χ1) is 11.8. The molecular weight excluding hydrogens is 347 g/mol. The van der Waals surface area contributed by atoms with Gasteiger partial charge in [0.1, 0.15) is 5.82 Å². The van der Waals surface area contributed by atoms with E-state index in [9.17, 15) is 19.1 Å². The molecule has 1 amide bonds. The van der Waals surface area contributed by atoms with Crippen LogP contribution in [0.15, 0.2) is 18.2 Å². The monoisotopic (exact) mass is 368 g/mol. The van der Waals surface area contributed by atoms with Crippen LogP contribution in [-0.4, -0.2) is 47.8 Å². The quantitative estimate of drug-likeness (QED) is 0.781. The molecular formula is C17H21FN2O4S. The fraction of sp³-hybridized carbons (Fsp3) is 0.529. The number of cyclic esters (lactones) is 1. The van der Waals surface area contributed by atoms with Crippen LogP contribution in [0.2, 0.25) is 0 Å². The highest BCUT2D eigenvalue weighted by Crippen LogP contribution is 2.40. The van der Waals surface area contributed by atoms with E-state index in [1.807, 2.05) is 16.7 Å². The highest BCUT2D eigenvalue weighted by molar-refractivity contribution is 7.99. The van der Waals surface area contributed by atoms with E-state index in [2.05, 4.69) is 5.32 Å². The normalized spacial score (nSPS) is 29.4. The van der Waals surface area contributed by atoms with Crippen molar-refractivity contribution in [2.24, 2.45) is 5.92 Å². The predicted molar refractivity (Wildman–Crippen MR) is 92.7 cm³/mol. The lowest BCUT2D eigenvalue weighted by Crippen LogP contribution is -2.42. The largest absolute Gasteiger partial charge is 0.439 e. The molecule has 2 aliphatic rings. The van der Waals surface area contributed by atoms with Gasteiger partial charge in [-0.25, -0.2) is 9.18 Å². The number of anilines is 1. The van der Waals surface area contributed by atoms with Crippen LogP contribution in [-0.2, 0) is 19.9 Å². The van der Waals surface area contributed by atoms with Crippen molar-refractivity contribution in [1.82, 2.24) is 5.32 Å². The molecule has 2 heterocycles. The maximum Gasteiger partial charge on any atom is 0.345 e. The van der Waals surface area contributed by atoms with Gasteiger partial charge in [-0.15, -0.1) is 0 Å². The van der Waals surface area contributed by atoms with Crippen molar-refractivity contribution >= 4 is 29.3 Å². The molecule has 3 atom stereocenters. The van der Waals surface area contributed by atoms with Crippen molar-refractivity contribution in [3.05, 3.63) is 29.6 Å². The lowest BCUT2D eigenvalue weighted by Gasteiger charge is -2.30. The van der Waals surface area contributed by atoms with Crippen molar-refractivity contribution in [3.63, 3.8) is 0 Å². The number of nitrogens with one attached hydrogen (secondary N) is 1. The Morgan fingerprint density at radius 2 is 2.12 bits per heavy atom. The van der Waals surface area contributed by atoms with Crippen LogP contribution in [0.1, 0.15) is 19.4 Å². The summed E-state index contributed by atoms with van der Waals surface area (Å²) in [5, 5.41) is 13.4. The molecule has 136 valence electrons. The third-order valence-corrected chi connectivity index (χ3v) is 5.69. The minimum absolute atomic E-state index is 0.130. The first-order valence-electron chi connectivity index (χ1n) is 8.17. The Morgan fingerprint density at radius 3 is 2.72 bits per heavy atom. The van der Waals surface area contributed by atoms with E-state index < -0.39 is 29.5 Å². The predicted octanol–water partition coefficient (Wildman–Crippen LogP) is 1.22. The number of hydrogen-bond donors (Lipinski definition) is 2. The van der Waals surface area contributed by atoms with E-state index in [1.54, 1.807) is 19.1 Å². The Kier molecular flexibility index (Phi) is 4.92. The van der Waals surface area contributed by atoms with Crippen molar-refractivity contribution in [2.75, 3.05) is 29.5 Å². The van der Waals surface area contributed by atoms with E-state index >= 15 is 0 Å². The van der Waals surface area contributed by atoms with Crippen LogP contribution in [0.25, 0.3) is 0 Å². The van der Waals surface area contributed by atoms with E-state index in [1.165, 1.54) is 13.0 Å². The van der Waals surface area contributed by atoms with Gasteiger partial charge in [-0.05, 0) is 17.7 Å². The van der Waals surface area contributed by atoms with Crippen LogP contribution in [0.4, 0.5) is 10.1 Å². The molecule has 1 aromatic rings. The minimum Gasteiger partial charge on any atom is -0.439 e. The van der Waals surface area contributed by atoms with Gasteiger partial charge in [-0.1, -0.05) is 13.0 Å². The summed E-state index contributed by atoms with van der Waals surface area (Å²) in [5.41, 5.74) is -1.40. The summed E-state index contributed by atoms with van der Waals surface area (Å²) in [5.74, 6) is -0.625. The zero-order valence-corrected chi connectivity index (χ0v) is 14.9. The summed E-state index contributed by atoms with van der Waals surface area (Å²) >= 11 is 1.83. The van der Waals surface area contributed by atoms with E-state index in [-0.39, 0.29) is 11.5 Å². The van der Waals surface area contributed by atoms with Crippen LogP contribution >= 0.6 is 11.8 Å². The van der Waals surface area contributed by atoms with Gasteiger partial charge in [0.15, 0.2) is 11.8 Å². The lowest BCUT2D eigenvalue weighted by molar-refractivity contribution is -0.157. The number of carbonyl (C=O) groups is 2. The topological polar surface area (TPSA) is 78.9 Å². The molecule has 25 heavy (non-hydrogen) atoms. The summed E-state index contributed by atoms with van der Waals surface area (Å²) in [7, 11) is 0. The minimum atomic E-state index is -2.00. The van der Waals surface area contributed by atoms with Crippen LogP contribution < -0.4 is 10.2 Å². The Balaban J connectivity index is 1.88. The Morgan fingerprint density at radius 1 is 1.44 bits per heavy atom. The smallest absolute Gasteiger partial charge is 0.345 e. The number of ether oxygens (including phenoxy) is 1. The van der Waals surface area contributed by atoms with Crippen LogP contribution in [0.3, 0.4) is 0 Å². The second kappa shape index (κ2) is 6.84. The standard InChI is InChI=1S/C17H21FN2O4S/c1-10-15(19-11(2)21)24-16(22)17(10,23)12-3-4-14(13(18)9-12)20-5-7-25-8-6-20/h3-4,9-10,15,23H,5-8H2,1-2H3,(H,19,21)/t10?,15-,17?/m1/s1. The average Bonchev–Trinajstić information content (AvgIpc) is 2.80. The number of hydrogen-bond acceptors (Lipinski definition) is 6. The highest BCUT2D eigenvalue weighted by atomic mass is 32.2. The zero-order valence-electron chi connectivity index (χ0n) is 14.1. The first kappa shape index (κ1) is 18.0. The van der Waals surface area contributed by atoms with E-state index in [0.717, 1.165) is 24.6 Å². The number of benzene rings is 1. The van der Waals surface area contributed by atoms with Gasteiger partial charge in [0.25, 0.3) is 0 Å². The summed E-state index contributed by atoms with van der Waals surface area (Å²) < 4.78 is 19.7. The lowest BCUT2D eigenvalue weighted by atomic mass is 9.83. The van der Waals surface area contributed by atoms with Crippen LogP contribution in [0.5, 0.6) is 0 Å². The molecule has 0 saturated carbocycles. The molecule has 2 unspecified atom stereocenters. The SMILES string of the molecule is CC(=O)N[C@@H]1OC(=O)C(O)(c2ccc(N3CCSCC3)c(F)c2)C1C.